The van der Waals surface area contributed by atoms with Crippen molar-refractivity contribution >= 4 is 17.6 Å². The Morgan fingerprint density at radius 1 is 1.03 bits per heavy atom. The molecule has 1 aromatic heterocycles. The molecule has 0 unspecified atom stereocenters. The maximum Gasteiger partial charge on any atom is 0.416 e. The number of hydrogen-bond acceptors (Lipinski definition) is 3. The number of anilines is 1. The van der Waals surface area contributed by atoms with Crippen LogP contribution in [0.25, 0.3) is 5.69 Å². The number of nitrogens with one attached hydrogen (secondary N) is 1. The van der Waals surface area contributed by atoms with Crippen molar-refractivity contribution in [1.82, 2.24) is 9.78 Å². The molecule has 3 rings (SSSR count). The van der Waals surface area contributed by atoms with Crippen molar-refractivity contribution in [1.29, 1.82) is 0 Å². The molecule has 9 heteroatoms. The van der Waals surface area contributed by atoms with E-state index in [1.54, 1.807) is 24.3 Å². The number of alkyl halides is 3. The first-order valence-corrected chi connectivity index (χ1v) is 8.58. The van der Waals surface area contributed by atoms with Gasteiger partial charge in [0.15, 0.2) is 0 Å². The molecule has 0 aliphatic carbocycles. The van der Waals surface area contributed by atoms with Crippen LogP contribution < -0.4 is 5.32 Å². The molecule has 0 atom stereocenters. The van der Waals surface area contributed by atoms with Crippen molar-refractivity contribution < 1.29 is 27.9 Å². The van der Waals surface area contributed by atoms with Crippen LogP contribution in [0.5, 0.6) is 0 Å². The van der Waals surface area contributed by atoms with Gasteiger partial charge in [0.2, 0.25) is 5.91 Å². The van der Waals surface area contributed by atoms with E-state index in [9.17, 15) is 27.9 Å². The molecule has 0 saturated heterocycles. The Balaban J connectivity index is 1.71. The lowest BCUT2D eigenvalue weighted by molar-refractivity contribution is -0.137. The van der Waals surface area contributed by atoms with Crippen molar-refractivity contribution in [3.8, 4) is 5.69 Å². The maximum absolute atomic E-state index is 12.6. The van der Waals surface area contributed by atoms with Crippen LogP contribution in [0.15, 0.2) is 60.8 Å². The fourth-order valence-electron chi connectivity index (χ4n) is 2.78. The molecular weight excluding hydrogens is 387 g/mol. The molecule has 0 spiro atoms. The van der Waals surface area contributed by atoms with Crippen LogP contribution >= 0.6 is 0 Å². The summed E-state index contributed by atoms with van der Waals surface area (Å²) in [4.78, 5) is 23.7. The number of nitrogens with zero attached hydrogens (tertiary/aromatic N) is 2. The first kappa shape index (κ1) is 20.1. The van der Waals surface area contributed by atoms with Gasteiger partial charge in [0.1, 0.15) is 5.56 Å². The molecule has 0 aliphatic heterocycles. The molecule has 0 fully saturated rings. The Morgan fingerprint density at radius 2 is 1.69 bits per heavy atom. The Morgan fingerprint density at radius 3 is 2.28 bits per heavy atom. The van der Waals surface area contributed by atoms with Crippen LogP contribution in [-0.4, -0.2) is 26.8 Å². The molecule has 0 saturated carbocycles. The molecule has 29 heavy (non-hydrogen) atoms. The van der Waals surface area contributed by atoms with Gasteiger partial charge in [-0.1, -0.05) is 18.2 Å². The van der Waals surface area contributed by atoms with Gasteiger partial charge >= 0.3 is 12.1 Å². The second-order valence-corrected chi connectivity index (χ2v) is 6.18. The molecule has 0 radical (unpaired) electrons. The highest BCUT2D eigenvalue weighted by Crippen LogP contribution is 2.29. The van der Waals surface area contributed by atoms with E-state index in [0.717, 1.165) is 24.3 Å². The van der Waals surface area contributed by atoms with E-state index >= 15 is 0 Å². The zero-order valence-corrected chi connectivity index (χ0v) is 15.0. The van der Waals surface area contributed by atoms with Crippen molar-refractivity contribution in [2.75, 3.05) is 5.32 Å². The number of para-hydroxylation sites is 1. The van der Waals surface area contributed by atoms with Gasteiger partial charge in [-0.15, -0.1) is 0 Å². The predicted octanol–water partition coefficient (Wildman–Crippen LogP) is 4.16. The van der Waals surface area contributed by atoms with Gasteiger partial charge in [-0.2, -0.15) is 18.3 Å². The minimum Gasteiger partial charge on any atom is -0.478 e. The zero-order valence-electron chi connectivity index (χ0n) is 15.0. The van der Waals surface area contributed by atoms with Crippen molar-refractivity contribution in [2.24, 2.45) is 0 Å². The number of carbonyl (C=O) groups is 2. The fraction of sp³-hybridized carbons (Fsp3) is 0.150. The summed E-state index contributed by atoms with van der Waals surface area (Å²) in [6.07, 6.45) is -3.22. The van der Waals surface area contributed by atoms with Gasteiger partial charge in [0.25, 0.3) is 0 Å². The standard InChI is InChI=1S/C20H16F3N3O3/c21-20(22,23)13-6-8-14(9-7-13)25-18(27)11-10-17-16(19(28)29)12-24-26(17)15-4-2-1-3-5-15/h1-9,12H,10-11H2,(H,25,27)(H,28,29). The summed E-state index contributed by atoms with van der Waals surface area (Å²) in [5.74, 6) is -1.62. The van der Waals surface area contributed by atoms with E-state index in [0.29, 0.717) is 11.4 Å². The predicted molar refractivity (Wildman–Crippen MR) is 98.9 cm³/mol. The highest BCUT2D eigenvalue weighted by Gasteiger charge is 2.30. The van der Waals surface area contributed by atoms with Crippen LogP contribution in [0.3, 0.4) is 0 Å². The second-order valence-electron chi connectivity index (χ2n) is 6.18. The number of carboxylic acid groups (broad SMARTS) is 1. The lowest BCUT2D eigenvalue weighted by atomic mass is 10.1. The average molecular weight is 403 g/mol. The molecule has 6 nitrogen and oxygen atoms in total. The van der Waals surface area contributed by atoms with Crippen LogP contribution in [0.2, 0.25) is 0 Å². The number of aromatic nitrogens is 2. The number of amides is 1. The van der Waals surface area contributed by atoms with Crippen molar-refractivity contribution in [2.45, 2.75) is 19.0 Å². The third-order valence-corrected chi connectivity index (χ3v) is 4.18. The molecule has 150 valence electrons. The van der Waals surface area contributed by atoms with E-state index in [-0.39, 0.29) is 24.1 Å². The van der Waals surface area contributed by atoms with Crippen LogP contribution in [0.1, 0.15) is 28.0 Å². The highest BCUT2D eigenvalue weighted by atomic mass is 19.4. The third-order valence-electron chi connectivity index (χ3n) is 4.18. The number of rotatable bonds is 6. The van der Waals surface area contributed by atoms with Gasteiger partial charge in [-0.25, -0.2) is 9.48 Å². The fourth-order valence-corrected chi connectivity index (χ4v) is 2.78. The minimum absolute atomic E-state index is 0.0174. The van der Waals surface area contributed by atoms with E-state index < -0.39 is 23.6 Å². The quantitative estimate of drug-likeness (QED) is 0.647. The number of halogens is 3. The smallest absolute Gasteiger partial charge is 0.416 e. The van der Waals surface area contributed by atoms with Gasteiger partial charge < -0.3 is 10.4 Å². The van der Waals surface area contributed by atoms with E-state index in [4.69, 9.17) is 0 Å². The monoisotopic (exact) mass is 403 g/mol. The zero-order chi connectivity index (χ0) is 21.0. The molecule has 0 aliphatic rings. The van der Waals surface area contributed by atoms with Crippen molar-refractivity contribution in [3.05, 3.63) is 77.6 Å². The summed E-state index contributed by atoms with van der Waals surface area (Å²) in [5, 5.41) is 16.0. The van der Waals surface area contributed by atoms with E-state index in [1.807, 2.05) is 6.07 Å². The summed E-state index contributed by atoms with van der Waals surface area (Å²) in [6, 6.07) is 13.0. The first-order chi connectivity index (χ1) is 13.8. The molecule has 2 aromatic carbocycles. The molecule has 3 aromatic rings. The number of carboxylic acids is 1. The van der Waals surface area contributed by atoms with Crippen LogP contribution in [0.4, 0.5) is 18.9 Å². The Labute approximate surface area is 163 Å². The van der Waals surface area contributed by atoms with Crippen molar-refractivity contribution in [3.63, 3.8) is 0 Å². The SMILES string of the molecule is O=C(CCc1c(C(=O)O)cnn1-c1ccccc1)Nc1ccc(C(F)(F)F)cc1. The van der Waals surface area contributed by atoms with Gasteiger partial charge in [-0.3, -0.25) is 4.79 Å². The lowest BCUT2D eigenvalue weighted by Gasteiger charge is -2.10. The van der Waals surface area contributed by atoms with E-state index in [1.165, 1.54) is 10.9 Å². The number of carbonyl (C=O) groups excluding carboxylic acids is 1. The topological polar surface area (TPSA) is 84.2 Å². The van der Waals surface area contributed by atoms with E-state index in [2.05, 4.69) is 10.4 Å². The summed E-state index contributed by atoms with van der Waals surface area (Å²) in [6.45, 7) is 0. The van der Waals surface area contributed by atoms with Crippen LogP contribution in [0, 0.1) is 0 Å². The van der Waals surface area contributed by atoms with Gasteiger partial charge in [0.05, 0.1) is 23.1 Å². The molecule has 1 heterocycles. The number of benzene rings is 2. The van der Waals surface area contributed by atoms with Gasteiger partial charge in [-0.05, 0) is 42.8 Å². The summed E-state index contributed by atoms with van der Waals surface area (Å²) in [7, 11) is 0. The summed E-state index contributed by atoms with van der Waals surface area (Å²) < 4.78 is 39.2. The Hall–Kier alpha value is -3.62. The lowest BCUT2D eigenvalue weighted by Crippen LogP contribution is -2.15. The molecule has 1 amide bonds. The first-order valence-electron chi connectivity index (χ1n) is 8.58. The largest absolute Gasteiger partial charge is 0.478 e. The summed E-state index contributed by atoms with van der Waals surface area (Å²) in [5.41, 5.74) is 0.395. The molecule has 0 bridgehead atoms. The number of hydrogen-bond donors (Lipinski definition) is 2. The Kier molecular flexibility index (Phi) is 5.67. The number of aromatic carboxylic acids is 1. The highest BCUT2D eigenvalue weighted by molar-refractivity contribution is 5.92. The summed E-state index contributed by atoms with van der Waals surface area (Å²) >= 11 is 0. The second kappa shape index (κ2) is 8.17. The minimum atomic E-state index is -4.45. The molecule has 2 N–H and O–H groups in total. The molecular formula is C20H16F3N3O3. The normalized spacial score (nSPS) is 11.3. The van der Waals surface area contributed by atoms with Crippen LogP contribution in [-0.2, 0) is 17.4 Å². The average Bonchev–Trinajstić information content (AvgIpc) is 3.11. The third kappa shape index (κ3) is 4.81. The Bertz CT molecular complexity index is 1010. The maximum atomic E-state index is 12.6. The van der Waals surface area contributed by atoms with Gasteiger partial charge in [0, 0.05) is 12.1 Å².